The molecule has 0 radical (unpaired) electrons. The maximum Gasteiger partial charge on any atom is 0.285 e. The summed E-state index contributed by atoms with van der Waals surface area (Å²) in [5, 5.41) is 7.68. The standard InChI is InChI=1S/C8H10ClN3O2S/c1-5-4-14-3-2-12(5)7(13)6-10-11-8(9)15-6/h5H,2-4H2,1H3/t5-/m1/s1. The van der Waals surface area contributed by atoms with Gasteiger partial charge in [-0.05, 0) is 18.5 Å². The van der Waals surface area contributed by atoms with E-state index in [1.807, 2.05) is 6.92 Å². The van der Waals surface area contributed by atoms with Crippen molar-refractivity contribution in [2.45, 2.75) is 13.0 Å². The Morgan fingerprint density at radius 3 is 3.07 bits per heavy atom. The van der Waals surface area contributed by atoms with Crippen LogP contribution in [-0.2, 0) is 4.74 Å². The molecule has 1 aromatic heterocycles. The van der Waals surface area contributed by atoms with Gasteiger partial charge in [-0.25, -0.2) is 0 Å². The lowest BCUT2D eigenvalue weighted by Crippen LogP contribution is -2.47. The maximum absolute atomic E-state index is 11.9. The van der Waals surface area contributed by atoms with Crippen molar-refractivity contribution >= 4 is 28.8 Å². The topological polar surface area (TPSA) is 55.3 Å². The summed E-state index contributed by atoms with van der Waals surface area (Å²) in [4.78, 5) is 13.7. The number of carbonyl (C=O) groups excluding carboxylic acids is 1. The fourth-order valence-electron chi connectivity index (χ4n) is 1.44. The van der Waals surface area contributed by atoms with Crippen molar-refractivity contribution in [1.29, 1.82) is 0 Å². The Hall–Kier alpha value is -0.720. The van der Waals surface area contributed by atoms with E-state index in [-0.39, 0.29) is 11.9 Å². The van der Waals surface area contributed by atoms with E-state index < -0.39 is 0 Å². The van der Waals surface area contributed by atoms with E-state index in [1.165, 1.54) is 0 Å². The van der Waals surface area contributed by atoms with Crippen LogP contribution in [0.25, 0.3) is 0 Å². The number of nitrogens with zero attached hydrogens (tertiary/aromatic N) is 3. The van der Waals surface area contributed by atoms with Crippen molar-refractivity contribution in [3.63, 3.8) is 0 Å². The van der Waals surface area contributed by atoms with Crippen LogP contribution < -0.4 is 0 Å². The van der Waals surface area contributed by atoms with Crippen molar-refractivity contribution in [1.82, 2.24) is 15.1 Å². The van der Waals surface area contributed by atoms with Crippen molar-refractivity contribution in [2.75, 3.05) is 19.8 Å². The average molecular weight is 248 g/mol. The van der Waals surface area contributed by atoms with Crippen molar-refractivity contribution in [3.05, 3.63) is 9.47 Å². The molecule has 15 heavy (non-hydrogen) atoms. The quantitative estimate of drug-likeness (QED) is 0.745. The van der Waals surface area contributed by atoms with E-state index in [0.717, 1.165) is 11.3 Å². The fraction of sp³-hybridized carbons (Fsp3) is 0.625. The summed E-state index contributed by atoms with van der Waals surface area (Å²) < 4.78 is 5.54. The lowest BCUT2D eigenvalue weighted by molar-refractivity contribution is 0.00353. The van der Waals surface area contributed by atoms with Crippen LogP contribution in [0.2, 0.25) is 4.47 Å². The highest BCUT2D eigenvalue weighted by atomic mass is 35.5. The molecule has 1 aromatic rings. The minimum atomic E-state index is -0.116. The first-order valence-corrected chi connectivity index (χ1v) is 5.75. The number of amides is 1. The largest absolute Gasteiger partial charge is 0.377 e. The van der Waals surface area contributed by atoms with E-state index in [2.05, 4.69) is 10.2 Å². The highest BCUT2D eigenvalue weighted by Gasteiger charge is 2.27. The monoisotopic (exact) mass is 247 g/mol. The Labute approximate surface area is 96.0 Å². The summed E-state index contributed by atoms with van der Waals surface area (Å²) in [5.41, 5.74) is 0. The van der Waals surface area contributed by atoms with Gasteiger partial charge in [-0.1, -0.05) is 11.3 Å². The Morgan fingerprint density at radius 1 is 1.67 bits per heavy atom. The van der Waals surface area contributed by atoms with Gasteiger partial charge in [0.25, 0.3) is 5.91 Å². The van der Waals surface area contributed by atoms with Crippen LogP contribution >= 0.6 is 22.9 Å². The van der Waals surface area contributed by atoms with Gasteiger partial charge < -0.3 is 9.64 Å². The first kappa shape index (κ1) is 10.8. The molecule has 0 bridgehead atoms. The molecular weight excluding hydrogens is 238 g/mol. The Kier molecular flexibility index (Phi) is 3.18. The molecule has 0 aliphatic carbocycles. The van der Waals surface area contributed by atoms with Gasteiger partial charge in [-0.15, -0.1) is 10.2 Å². The fourth-order valence-corrected chi connectivity index (χ4v) is 2.23. The van der Waals surface area contributed by atoms with Crippen LogP contribution in [0.1, 0.15) is 16.7 Å². The second-order valence-corrected chi connectivity index (χ2v) is 4.84. The second-order valence-electron chi connectivity index (χ2n) is 3.28. The number of ether oxygens (including phenoxy) is 1. The molecule has 0 spiro atoms. The van der Waals surface area contributed by atoms with Gasteiger partial charge in [-0.3, -0.25) is 4.79 Å². The maximum atomic E-state index is 11.9. The van der Waals surface area contributed by atoms with E-state index in [9.17, 15) is 4.79 Å². The predicted octanol–water partition coefficient (Wildman–Crippen LogP) is 1.05. The third kappa shape index (κ3) is 2.27. The van der Waals surface area contributed by atoms with Crippen LogP contribution in [-0.4, -0.2) is 46.8 Å². The molecule has 5 nitrogen and oxygen atoms in total. The summed E-state index contributed by atoms with van der Waals surface area (Å²) in [6.07, 6.45) is 0. The zero-order chi connectivity index (χ0) is 10.8. The van der Waals surface area contributed by atoms with Crippen LogP contribution in [0.5, 0.6) is 0 Å². The van der Waals surface area contributed by atoms with E-state index in [4.69, 9.17) is 16.3 Å². The second kappa shape index (κ2) is 4.42. The highest BCUT2D eigenvalue weighted by molar-refractivity contribution is 7.17. The number of aromatic nitrogens is 2. The first-order chi connectivity index (χ1) is 7.18. The summed E-state index contributed by atoms with van der Waals surface area (Å²) in [6.45, 7) is 3.68. The SMILES string of the molecule is C[C@@H]1COCCN1C(=O)c1nnc(Cl)s1. The number of rotatable bonds is 1. The molecule has 0 unspecified atom stereocenters. The number of halogens is 1. The molecule has 2 heterocycles. The number of hydrogen-bond acceptors (Lipinski definition) is 5. The molecule has 2 rings (SSSR count). The summed E-state index contributed by atoms with van der Waals surface area (Å²) in [7, 11) is 0. The molecule has 0 saturated carbocycles. The predicted molar refractivity (Wildman–Crippen MR) is 56.2 cm³/mol. The van der Waals surface area contributed by atoms with Gasteiger partial charge in [0.05, 0.1) is 19.3 Å². The lowest BCUT2D eigenvalue weighted by Gasteiger charge is -2.32. The van der Waals surface area contributed by atoms with Crippen molar-refractivity contribution in [3.8, 4) is 0 Å². The van der Waals surface area contributed by atoms with E-state index in [1.54, 1.807) is 4.90 Å². The smallest absolute Gasteiger partial charge is 0.285 e. The Bertz CT molecular complexity index is 371. The molecule has 0 aromatic carbocycles. The normalized spacial score (nSPS) is 21.7. The van der Waals surface area contributed by atoms with Gasteiger partial charge in [0.1, 0.15) is 0 Å². The molecule has 1 aliphatic heterocycles. The van der Waals surface area contributed by atoms with Crippen LogP contribution in [0.4, 0.5) is 0 Å². The average Bonchev–Trinajstić information content (AvgIpc) is 2.65. The third-order valence-corrected chi connectivity index (χ3v) is 3.22. The zero-order valence-corrected chi connectivity index (χ0v) is 9.72. The molecule has 0 N–H and O–H groups in total. The molecule has 1 aliphatic rings. The third-order valence-electron chi connectivity index (χ3n) is 2.21. The Morgan fingerprint density at radius 2 is 2.47 bits per heavy atom. The number of carbonyl (C=O) groups is 1. The summed E-state index contributed by atoms with van der Waals surface area (Å²) >= 11 is 6.73. The van der Waals surface area contributed by atoms with Crippen molar-refractivity contribution in [2.24, 2.45) is 0 Å². The molecule has 1 saturated heterocycles. The first-order valence-electron chi connectivity index (χ1n) is 4.56. The van der Waals surface area contributed by atoms with Gasteiger partial charge in [0.15, 0.2) is 0 Å². The Balaban J connectivity index is 2.13. The van der Waals surface area contributed by atoms with Gasteiger partial charge in [0, 0.05) is 6.54 Å². The van der Waals surface area contributed by atoms with Crippen LogP contribution in [0.15, 0.2) is 0 Å². The summed E-state index contributed by atoms with van der Waals surface area (Å²) in [6, 6.07) is 0.0777. The number of hydrogen-bond donors (Lipinski definition) is 0. The van der Waals surface area contributed by atoms with Gasteiger partial charge in [-0.2, -0.15) is 0 Å². The van der Waals surface area contributed by atoms with Crippen LogP contribution in [0, 0.1) is 0 Å². The van der Waals surface area contributed by atoms with E-state index >= 15 is 0 Å². The van der Waals surface area contributed by atoms with Gasteiger partial charge in [0.2, 0.25) is 9.47 Å². The highest BCUT2D eigenvalue weighted by Crippen LogP contribution is 2.18. The molecule has 1 amide bonds. The van der Waals surface area contributed by atoms with Crippen molar-refractivity contribution < 1.29 is 9.53 Å². The molecule has 1 fully saturated rings. The molecule has 7 heteroatoms. The minimum Gasteiger partial charge on any atom is -0.377 e. The molecule has 82 valence electrons. The molecular formula is C8H10ClN3O2S. The number of morpholine rings is 1. The zero-order valence-electron chi connectivity index (χ0n) is 8.14. The minimum absolute atomic E-state index is 0.0777. The lowest BCUT2D eigenvalue weighted by atomic mass is 10.2. The van der Waals surface area contributed by atoms with E-state index in [0.29, 0.717) is 29.2 Å². The van der Waals surface area contributed by atoms with Gasteiger partial charge >= 0.3 is 0 Å². The summed E-state index contributed by atoms with van der Waals surface area (Å²) in [5.74, 6) is -0.116. The van der Waals surface area contributed by atoms with Crippen LogP contribution in [0.3, 0.4) is 0 Å². The molecule has 1 atom stereocenters.